The number of nitrogens with one attached hydrogen (secondary N) is 1. The number of amides is 1. The molecule has 0 saturated carbocycles. The summed E-state index contributed by atoms with van der Waals surface area (Å²) in [7, 11) is 0. The summed E-state index contributed by atoms with van der Waals surface area (Å²) >= 11 is 0. The molecule has 0 aromatic carbocycles. The molecule has 1 rings (SSSR count). The van der Waals surface area contributed by atoms with Crippen LogP contribution in [0.25, 0.3) is 0 Å². The van der Waals surface area contributed by atoms with Crippen LogP contribution in [0.2, 0.25) is 0 Å². The molecule has 4 heteroatoms. The topological polar surface area (TPSA) is 64.3 Å². The Morgan fingerprint density at radius 2 is 2.46 bits per heavy atom. The van der Waals surface area contributed by atoms with Gasteiger partial charge in [0.2, 0.25) is 5.91 Å². The predicted molar refractivity (Wildman–Crippen MR) is 50.2 cm³/mol. The van der Waals surface area contributed by atoms with Gasteiger partial charge < -0.3 is 15.8 Å². The maximum absolute atomic E-state index is 11.6. The fourth-order valence-corrected chi connectivity index (χ4v) is 1.48. The first kappa shape index (κ1) is 10.5. The number of ether oxygens (including phenoxy) is 1. The number of hydrogen-bond acceptors (Lipinski definition) is 3. The van der Waals surface area contributed by atoms with E-state index in [0.29, 0.717) is 13.2 Å². The quantitative estimate of drug-likeness (QED) is 0.645. The van der Waals surface area contributed by atoms with E-state index >= 15 is 0 Å². The summed E-state index contributed by atoms with van der Waals surface area (Å²) in [6.45, 7) is 5.01. The lowest BCUT2D eigenvalue weighted by Crippen LogP contribution is -2.42. The molecule has 4 nitrogen and oxygen atoms in total. The molecule has 0 aliphatic carbocycles. The highest BCUT2D eigenvalue weighted by molar-refractivity contribution is 5.79. The van der Waals surface area contributed by atoms with E-state index in [-0.39, 0.29) is 24.0 Å². The number of hydrogen-bond donors (Lipinski definition) is 2. The van der Waals surface area contributed by atoms with Gasteiger partial charge in [-0.2, -0.15) is 0 Å². The average molecular weight is 186 g/mol. The van der Waals surface area contributed by atoms with Crippen molar-refractivity contribution in [3.05, 3.63) is 0 Å². The zero-order chi connectivity index (χ0) is 9.84. The second kappa shape index (κ2) is 4.58. The molecule has 1 saturated heterocycles. The molecule has 1 aliphatic heterocycles. The largest absolute Gasteiger partial charge is 0.378 e. The van der Waals surface area contributed by atoms with Crippen LogP contribution in [0.15, 0.2) is 0 Å². The lowest BCUT2D eigenvalue weighted by Gasteiger charge is -2.17. The molecule has 1 amide bonds. The van der Waals surface area contributed by atoms with E-state index in [9.17, 15) is 4.79 Å². The van der Waals surface area contributed by atoms with Crippen LogP contribution in [-0.4, -0.2) is 31.2 Å². The van der Waals surface area contributed by atoms with E-state index < -0.39 is 0 Å². The minimum atomic E-state index is 0.00833. The van der Waals surface area contributed by atoms with Gasteiger partial charge in [-0.05, 0) is 20.3 Å². The van der Waals surface area contributed by atoms with Crippen molar-refractivity contribution in [3.8, 4) is 0 Å². The Labute approximate surface area is 78.8 Å². The third kappa shape index (κ3) is 2.67. The van der Waals surface area contributed by atoms with E-state index in [1.54, 1.807) is 0 Å². The van der Waals surface area contributed by atoms with Crippen LogP contribution in [0.1, 0.15) is 20.3 Å². The molecule has 76 valence electrons. The molecule has 0 spiro atoms. The Balaban J connectivity index is 2.38. The molecule has 0 radical (unpaired) electrons. The van der Waals surface area contributed by atoms with E-state index in [0.717, 1.165) is 6.42 Å². The number of nitrogens with two attached hydrogens (primary N) is 1. The van der Waals surface area contributed by atoms with E-state index in [4.69, 9.17) is 10.5 Å². The maximum Gasteiger partial charge on any atom is 0.226 e. The summed E-state index contributed by atoms with van der Waals surface area (Å²) < 4.78 is 5.31. The fraction of sp³-hybridized carbons (Fsp3) is 0.889. The zero-order valence-electron chi connectivity index (χ0n) is 8.25. The highest BCUT2D eigenvalue weighted by Gasteiger charge is 2.30. The molecular weight excluding hydrogens is 168 g/mol. The summed E-state index contributed by atoms with van der Waals surface area (Å²) in [4.78, 5) is 11.6. The highest BCUT2D eigenvalue weighted by Crippen LogP contribution is 2.20. The van der Waals surface area contributed by atoms with Gasteiger partial charge in [0.15, 0.2) is 0 Å². The van der Waals surface area contributed by atoms with Crippen molar-refractivity contribution in [1.82, 2.24) is 5.32 Å². The third-order valence-electron chi connectivity index (χ3n) is 2.46. The van der Waals surface area contributed by atoms with Crippen LogP contribution in [0.3, 0.4) is 0 Å². The van der Waals surface area contributed by atoms with Gasteiger partial charge in [0.1, 0.15) is 0 Å². The fourth-order valence-electron chi connectivity index (χ4n) is 1.48. The van der Waals surface area contributed by atoms with Crippen molar-refractivity contribution < 1.29 is 9.53 Å². The molecule has 1 heterocycles. The minimum absolute atomic E-state index is 0.00833. The van der Waals surface area contributed by atoms with Crippen LogP contribution < -0.4 is 11.1 Å². The van der Waals surface area contributed by atoms with E-state index in [2.05, 4.69) is 5.32 Å². The molecule has 1 fully saturated rings. The minimum Gasteiger partial charge on any atom is -0.378 e. The summed E-state index contributed by atoms with van der Waals surface area (Å²) in [6.07, 6.45) is 0.870. The number of carbonyl (C=O) groups is 1. The van der Waals surface area contributed by atoms with Crippen LogP contribution in [0, 0.1) is 5.92 Å². The first-order chi connectivity index (χ1) is 6.15. The van der Waals surface area contributed by atoms with Crippen molar-refractivity contribution in [1.29, 1.82) is 0 Å². The van der Waals surface area contributed by atoms with Crippen molar-refractivity contribution in [2.75, 3.05) is 13.2 Å². The Morgan fingerprint density at radius 3 is 2.92 bits per heavy atom. The highest BCUT2D eigenvalue weighted by atomic mass is 16.5. The monoisotopic (exact) mass is 186 g/mol. The van der Waals surface area contributed by atoms with Gasteiger partial charge in [0.05, 0.1) is 12.0 Å². The van der Waals surface area contributed by atoms with Crippen molar-refractivity contribution in [3.63, 3.8) is 0 Å². The van der Waals surface area contributed by atoms with Gasteiger partial charge >= 0.3 is 0 Å². The molecule has 3 N–H and O–H groups in total. The van der Waals surface area contributed by atoms with E-state index in [1.807, 2.05) is 13.8 Å². The number of carbonyl (C=O) groups excluding carboxylic acids is 1. The molecule has 0 aromatic heterocycles. The van der Waals surface area contributed by atoms with Gasteiger partial charge in [-0.3, -0.25) is 4.79 Å². The molecule has 3 atom stereocenters. The van der Waals surface area contributed by atoms with Gasteiger partial charge in [0, 0.05) is 19.2 Å². The molecule has 0 bridgehead atoms. The first-order valence-corrected chi connectivity index (χ1v) is 4.77. The Morgan fingerprint density at radius 1 is 1.77 bits per heavy atom. The van der Waals surface area contributed by atoms with Crippen molar-refractivity contribution >= 4 is 5.91 Å². The second-order valence-electron chi connectivity index (χ2n) is 3.62. The molecule has 1 aliphatic rings. The predicted octanol–water partition coefficient (Wildman–Crippen LogP) is -0.125. The summed E-state index contributed by atoms with van der Waals surface area (Å²) in [5.41, 5.74) is 5.41. The lowest BCUT2D eigenvalue weighted by atomic mass is 10.0. The number of rotatable bonds is 3. The molecule has 0 aromatic rings. The second-order valence-corrected chi connectivity index (χ2v) is 3.62. The lowest BCUT2D eigenvalue weighted by molar-refractivity contribution is -0.126. The Hall–Kier alpha value is -0.610. The van der Waals surface area contributed by atoms with Crippen LogP contribution in [-0.2, 0) is 9.53 Å². The van der Waals surface area contributed by atoms with Crippen LogP contribution in [0.4, 0.5) is 0 Å². The smallest absolute Gasteiger partial charge is 0.226 e. The molecule has 13 heavy (non-hydrogen) atoms. The molecular formula is C9H18N2O2. The maximum atomic E-state index is 11.6. The zero-order valence-corrected chi connectivity index (χ0v) is 8.25. The van der Waals surface area contributed by atoms with Gasteiger partial charge in [-0.25, -0.2) is 0 Å². The standard InChI is InChI=1S/C9H18N2O2/c1-6(5-10)11-9(12)8-3-4-13-7(8)2/h6-8H,3-5,10H2,1-2H3,(H,11,12)/t6-,7?,8?/m1/s1. The Kier molecular flexibility index (Phi) is 3.69. The van der Waals surface area contributed by atoms with Crippen LogP contribution >= 0.6 is 0 Å². The van der Waals surface area contributed by atoms with Crippen molar-refractivity contribution in [2.24, 2.45) is 11.7 Å². The van der Waals surface area contributed by atoms with Gasteiger partial charge in [-0.15, -0.1) is 0 Å². The summed E-state index contributed by atoms with van der Waals surface area (Å²) in [5.74, 6) is 0.0805. The summed E-state index contributed by atoms with van der Waals surface area (Å²) in [5, 5.41) is 2.86. The first-order valence-electron chi connectivity index (χ1n) is 4.77. The van der Waals surface area contributed by atoms with Crippen molar-refractivity contribution in [2.45, 2.75) is 32.4 Å². The van der Waals surface area contributed by atoms with Crippen LogP contribution in [0.5, 0.6) is 0 Å². The Bertz CT molecular complexity index is 184. The summed E-state index contributed by atoms with van der Waals surface area (Å²) in [6, 6.07) is 0.0558. The van der Waals surface area contributed by atoms with Gasteiger partial charge in [-0.1, -0.05) is 0 Å². The third-order valence-corrected chi connectivity index (χ3v) is 2.46. The van der Waals surface area contributed by atoms with E-state index in [1.165, 1.54) is 0 Å². The normalized spacial score (nSPS) is 30.1. The average Bonchev–Trinajstić information content (AvgIpc) is 2.51. The molecule has 2 unspecified atom stereocenters. The van der Waals surface area contributed by atoms with Gasteiger partial charge in [0.25, 0.3) is 0 Å². The SMILES string of the molecule is CC1OCCC1C(=O)N[C@H](C)CN.